The Balaban J connectivity index is 2.12. The van der Waals surface area contributed by atoms with Gasteiger partial charge in [-0.3, -0.25) is 0 Å². The highest BCUT2D eigenvalue weighted by atomic mass is 32.2. The van der Waals surface area contributed by atoms with Gasteiger partial charge < -0.3 is 10.2 Å². The second-order valence-corrected chi connectivity index (χ2v) is 9.90. The molecule has 0 spiro atoms. The molecule has 2 aromatic carbocycles. The smallest absolute Gasteiger partial charge is 0.206 e. The molecule has 2 aromatic rings. The van der Waals surface area contributed by atoms with Crippen molar-refractivity contribution < 1.29 is 18.6 Å². The summed E-state index contributed by atoms with van der Waals surface area (Å²) in [6.07, 6.45) is -0.808. The van der Waals surface area contributed by atoms with Crippen LogP contribution in [0, 0.1) is 0 Å². The zero-order valence-corrected chi connectivity index (χ0v) is 16.6. The molecule has 2 N–H and O–H groups in total. The van der Waals surface area contributed by atoms with Crippen molar-refractivity contribution in [3.63, 3.8) is 0 Å². The molecule has 0 amide bonds. The van der Waals surface area contributed by atoms with Gasteiger partial charge in [0.1, 0.15) is 0 Å². The maximum Gasteiger partial charge on any atom is 0.206 e. The first-order valence-corrected chi connectivity index (χ1v) is 11.3. The summed E-state index contributed by atoms with van der Waals surface area (Å²) in [4.78, 5) is 2.34. The fourth-order valence-corrected chi connectivity index (χ4v) is 4.79. The summed E-state index contributed by atoms with van der Waals surface area (Å²) < 4.78 is 25.4. The molecule has 0 radical (unpaired) electrons. The first-order chi connectivity index (χ1) is 11.8. The first-order valence-electron chi connectivity index (χ1n) is 7.86. The van der Waals surface area contributed by atoms with Gasteiger partial charge in [-0.1, -0.05) is 0 Å². The summed E-state index contributed by atoms with van der Waals surface area (Å²) in [5.74, 6) is 1.13. The van der Waals surface area contributed by atoms with E-state index in [9.17, 15) is 18.6 Å². The van der Waals surface area contributed by atoms with Crippen LogP contribution in [0.15, 0.2) is 68.1 Å². The number of aliphatic hydroxyl groups is 2. The Morgan fingerprint density at radius 1 is 0.760 bits per heavy atom. The third kappa shape index (κ3) is 6.04. The Labute approximate surface area is 157 Å². The van der Waals surface area contributed by atoms with E-state index in [4.69, 9.17) is 0 Å². The van der Waals surface area contributed by atoms with Crippen molar-refractivity contribution in [1.29, 1.82) is 0 Å². The van der Waals surface area contributed by atoms with Gasteiger partial charge >= 0.3 is 0 Å². The Kier molecular flexibility index (Phi) is 7.39. The fourth-order valence-electron chi connectivity index (χ4n) is 2.00. The van der Waals surface area contributed by atoms with Crippen LogP contribution in [0.1, 0.15) is 13.8 Å². The van der Waals surface area contributed by atoms with E-state index in [1.807, 2.05) is 0 Å². The van der Waals surface area contributed by atoms with Crippen LogP contribution >= 0.6 is 23.5 Å². The number of rotatable bonds is 8. The van der Waals surface area contributed by atoms with Crippen LogP contribution in [-0.4, -0.2) is 42.3 Å². The molecule has 0 aliphatic rings. The van der Waals surface area contributed by atoms with Gasteiger partial charge in [0.25, 0.3) is 0 Å². The predicted octanol–water partition coefficient (Wildman–Crippen LogP) is 3.47. The van der Waals surface area contributed by atoms with Crippen molar-refractivity contribution in [1.82, 2.24) is 0 Å². The molecule has 7 heteroatoms. The van der Waals surface area contributed by atoms with E-state index in [1.54, 1.807) is 62.4 Å². The van der Waals surface area contributed by atoms with Crippen LogP contribution < -0.4 is 0 Å². The lowest BCUT2D eigenvalue weighted by Crippen LogP contribution is -2.04. The van der Waals surface area contributed by atoms with E-state index in [0.717, 1.165) is 9.79 Å². The summed E-state index contributed by atoms with van der Waals surface area (Å²) in [6, 6.07) is 13.4. The minimum absolute atomic E-state index is 0.248. The standard InChI is InChI=1S/C18H22O4S3/c1-13(19)11-23-15-3-7-17(8-4-15)25(21,22)18-9-5-16(6-10-18)24-12-14(2)20/h3-10,13-14,19-20H,11-12H2,1-2H3. The van der Waals surface area contributed by atoms with E-state index in [2.05, 4.69) is 0 Å². The summed E-state index contributed by atoms with van der Waals surface area (Å²) in [5.41, 5.74) is 0. The Bertz CT molecular complexity index is 705. The number of hydrogen-bond acceptors (Lipinski definition) is 6. The van der Waals surface area contributed by atoms with Gasteiger partial charge in [0.2, 0.25) is 9.84 Å². The second kappa shape index (κ2) is 9.09. The molecule has 0 fully saturated rings. The molecule has 2 rings (SSSR count). The van der Waals surface area contributed by atoms with Gasteiger partial charge in [-0.05, 0) is 62.4 Å². The van der Waals surface area contributed by atoms with Gasteiger partial charge in [0.05, 0.1) is 22.0 Å². The maximum atomic E-state index is 12.7. The van der Waals surface area contributed by atoms with Crippen LogP contribution in [0.3, 0.4) is 0 Å². The molecule has 0 bridgehead atoms. The number of aliphatic hydroxyl groups excluding tert-OH is 2. The van der Waals surface area contributed by atoms with Crippen LogP contribution in [-0.2, 0) is 9.84 Å². The number of benzene rings is 2. The summed E-state index contributed by atoms with van der Waals surface area (Å²) in [6.45, 7) is 3.43. The molecule has 0 aromatic heterocycles. The molecule has 0 aliphatic heterocycles. The lowest BCUT2D eigenvalue weighted by atomic mass is 10.4. The maximum absolute atomic E-state index is 12.7. The van der Waals surface area contributed by atoms with Crippen LogP contribution in [0.4, 0.5) is 0 Å². The zero-order valence-electron chi connectivity index (χ0n) is 14.1. The Morgan fingerprint density at radius 2 is 1.08 bits per heavy atom. The van der Waals surface area contributed by atoms with Gasteiger partial charge in [-0.15, -0.1) is 23.5 Å². The van der Waals surface area contributed by atoms with Crippen molar-refractivity contribution >= 4 is 33.4 Å². The van der Waals surface area contributed by atoms with E-state index in [0.29, 0.717) is 11.5 Å². The fraction of sp³-hybridized carbons (Fsp3) is 0.333. The Morgan fingerprint density at radius 3 is 1.36 bits per heavy atom. The highest BCUT2D eigenvalue weighted by Gasteiger charge is 2.17. The van der Waals surface area contributed by atoms with Crippen LogP contribution in [0.2, 0.25) is 0 Å². The predicted molar refractivity (Wildman–Crippen MR) is 103 cm³/mol. The minimum Gasteiger partial charge on any atom is -0.393 e. The SMILES string of the molecule is CC(O)CSc1ccc(S(=O)(=O)c2ccc(SCC(C)O)cc2)cc1. The lowest BCUT2D eigenvalue weighted by Gasteiger charge is -2.08. The van der Waals surface area contributed by atoms with Crippen LogP contribution in [0.25, 0.3) is 0 Å². The van der Waals surface area contributed by atoms with Gasteiger partial charge in [-0.2, -0.15) is 0 Å². The first kappa shape index (κ1) is 20.3. The highest BCUT2D eigenvalue weighted by Crippen LogP contribution is 2.27. The molecule has 0 saturated carbocycles. The molecule has 2 atom stereocenters. The normalized spacial score (nSPS) is 14.2. The molecule has 2 unspecified atom stereocenters. The topological polar surface area (TPSA) is 74.6 Å². The largest absolute Gasteiger partial charge is 0.393 e. The highest BCUT2D eigenvalue weighted by molar-refractivity contribution is 7.99. The molecular formula is C18H22O4S3. The zero-order chi connectivity index (χ0) is 18.4. The van der Waals surface area contributed by atoms with E-state index < -0.39 is 22.0 Å². The number of thioether (sulfide) groups is 2. The molecule has 0 aliphatic carbocycles. The number of hydrogen-bond donors (Lipinski definition) is 2. The molecule has 4 nitrogen and oxygen atoms in total. The van der Waals surface area contributed by atoms with E-state index in [-0.39, 0.29) is 9.79 Å². The van der Waals surface area contributed by atoms with Gasteiger partial charge in [0.15, 0.2) is 0 Å². The van der Waals surface area contributed by atoms with Crippen molar-refractivity contribution in [2.45, 2.75) is 45.6 Å². The Hall–Kier alpha value is -0.990. The van der Waals surface area contributed by atoms with Crippen molar-refractivity contribution in [2.24, 2.45) is 0 Å². The molecule has 0 heterocycles. The van der Waals surface area contributed by atoms with Crippen LogP contribution in [0.5, 0.6) is 0 Å². The van der Waals surface area contributed by atoms with Gasteiger partial charge in [-0.25, -0.2) is 8.42 Å². The van der Waals surface area contributed by atoms with Crippen molar-refractivity contribution in [2.75, 3.05) is 11.5 Å². The third-order valence-electron chi connectivity index (χ3n) is 3.25. The quantitative estimate of drug-likeness (QED) is 0.663. The summed E-state index contributed by atoms with van der Waals surface area (Å²) in [5, 5.41) is 18.6. The monoisotopic (exact) mass is 398 g/mol. The summed E-state index contributed by atoms with van der Waals surface area (Å²) >= 11 is 2.97. The molecule has 136 valence electrons. The average molecular weight is 399 g/mol. The molecule has 0 saturated heterocycles. The van der Waals surface area contributed by atoms with Gasteiger partial charge in [0, 0.05) is 21.3 Å². The number of sulfone groups is 1. The third-order valence-corrected chi connectivity index (χ3v) is 7.55. The second-order valence-electron chi connectivity index (χ2n) is 5.77. The molecular weight excluding hydrogens is 376 g/mol. The van der Waals surface area contributed by atoms with E-state index in [1.165, 1.54) is 23.5 Å². The van der Waals surface area contributed by atoms with Crippen molar-refractivity contribution in [3.8, 4) is 0 Å². The molecule has 25 heavy (non-hydrogen) atoms. The summed E-state index contributed by atoms with van der Waals surface area (Å²) in [7, 11) is -3.55. The lowest BCUT2D eigenvalue weighted by molar-refractivity contribution is 0.220. The van der Waals surface area contributed by atoms with E-state index >= 15 is 0 Å². The van der Waals surface area contributed by atoms with Crippen molar-refractivity contribution in [3.05, 3.63) is 48.5 Å². The minimum atomic E-state index is -3.55. The average Bonchev–Trinajstić information content (AvgIpc) is 2.59.